The molecule has 2 N–H and O–H groups in total. The van der Waals surface area contributed by atoms with Gasteiger partial charge in [0.1, 0.15) is 0 Å². The topological polar surface area (TPSA) is 46.9 Å². The van der Waals surface area contributed by atoms with E-state index in [0.717, 1.165) is 32.1 Å². The summed E-state index contributed by atoms with van der Waals surface area (Å²) in [4.78, 5) is 4.49. The predicted molar refractivity (Wildman–Crippen MR) is 79.3 cm³/mol. The minimum absolute atomic E-state index is 0.323. The van der Waals surface area contributed by atoms with Crippen LogP contribution in [0, 0.1) is 5.92 Å². The van der Waals surface area contributed by atoms with Crippen molar-refractivity contribution >= 4 is 0 Å². The van der Waals surface area contributed by atoms with Crippen LogP contribution >= 0.6 is 0 Å². The van der Waals surface area contributed by atoms with Crippen LogP contribution in [-0.4, -0.2) is 71.0 Å². The van der Waals surface area contributed by atoms with E-state index in [2.05, 4.69) is 23.6 Å². The lowest BCUT2D eigenvalue weighted by Gasteiger charge is -2.34. The highest BCUT2D eigenvalue weighted by Gasteiger charge is 2.22. The second kappa shape index (κ2) is 7.58. The van der Waals surface area contributed by atoms with Crippen molar-refractivity contribution in [1.29, 1.82) is 0 Å². The molecule has 0 aliphatic carbocycles. The molecule has 1 rings (SSSR count). The maximum absolute atomic E-state index is 10.2. The number of nitrogens with zero attached hydrogens (tertiary/aromatic N) is 2. The van der Waals surface area contributed by atoms with E-state index in [1.807, 2.05) is 13.8 Å². The van der Waals surface area contributed by atoms with Crippen LogP contribution in [0.5, 0.6) is 0 Å². The molecule has 0 spiro atoms. The Bertz CT molecular complexity index is 245. The van der Waals surface area contributed by atoms with Gasteiger partial charge in [0.15, 0.2) is 0 Å². The van der Waals surface area contributed by atoms with Gasteiger partial charge < -0.3 is 15.1 Å². The molecule has 19 heavy (non-hydrogen) atoms. The van der Waals surface area contributed by atoms with E-state index in [1.165, 1.54) is 12.8 Å². The van der Waals surface area contributed by atoms with Gasteiger partial charge in [0.2, 0.25) is 0 Å². The Morgan fingerprint density at radius 1 is 1.32 bits per heavy atom. The highest BCUT2D eigenvalue weighted by atomic mass is 16.3. The molecule has 0 amide bonds. The number of β-amino-alcohol motifs (C(OH)–C–C–N with tert-alkyl or cyclic N) is 1. The molecule has 4 nitrogen and oxygen atoms in total. The summed E-state index contributed by atoms with van der Waals surface area (Å²) in [5.41, 5.74) is -0.698. The Morgan fingerprint density at radius 2 is 1.89 bits per heavy atom. The van der Waals surface area contributed by atoms with Crippen LogP contribution in [0.25, 0.3) is 0 Å². The summed E-state index contributed by atoms with van der Waals surface area (Å²) in [6.07, 6.45) is 2.16. The summed E-state index contributed by atoms with van der Waals surface area (Å²) in [7, 11) is 0. The third kappa shape index (κ3) is 7.25. The molecule has 0 bridgehead atoms. The summed E-state index contributed by atoms with van der Waals surface area (Å²) >= 11 is 0. The van der Waals surface area contributed by atoms with E-state index in [1.54, 1.807) is 0 Å². The number of piperidine rings is 1. The molecular weight excluding hydrogens is 240 g/mol. The zero-order valence-corrected chi connectivity index (χ0v) is 13.1. The average Bonchev–Trinajstić information content (AvgIpc) is 2.29. The number of likely N-dealkylation sites (N-methyl/N-ethyl adjacent to an activating group) is 1. The molecule has 1 aliphatic rings. The molecule has 1 aliphatic heterocycles. The van der Waals surface area contributed by atoms with Gasteiger partial charge >= 0.3 is 0 Å². The second-order valence-corrected chi connectivity index (χ2v) is 6.78. The van der Waals surface area contributed by atoms with Gasteiger partial charge in [0, 0.05) is 19.6 Å². The number of aliphatic hydroxyl groups excluding tert-OH is 1. The minimum Gasteiger partial charge on any atom is -0.390 e. The summed E-state index contributed by atoms with van der Waals surface area (Å²) in [5, 5.41) is 20.0. The van der Waals surface area contributed by atoms with E-state index in [4.69, 9.17) is 0 Å². The van der Waals surface area contributed by atoms with E-state index < -0.39 is 5.60 Å². The Kier molecular flexibility index (Phi) is 6.74. The van der Waals surface area contributed by atoms with Crippen LogP contribution in [-0.2, 0) is 0 Å². The highest BCUT2D eigenvalue weighted by Crippen LogP contribution is 2.16. The van der Waals surface area contributed by atoms with Gasteiger partial charge in [-0.15, -0.1) is 0 Å². The molecule has 1 heterocycles. The zero-order chi connectivity index (χ0) is 14.5. The zero-order valence-electron chi connectivity index (χ0n) is 13.1. The Morgan fingerprint density at radius 3 is 2.37 bits per heavy atom. The third-order valence-corrected chi connectivity index (χ3v) is 3.87. The first-order valence-electron chi connectivity index (χ1n) is 7.65. The standard InChI is InChI=1S/C15H32N2O2/c1-5-16(12-15(3,4)19)10-14(18)11-17-8-6-13(2)7-9-17/h13-14,18-19H,5-12H2,1-4H3. The van der Waals surface area contributed by atoms with E-state index in [-0.39, 0.29) is 6.10 Å². The summed E-state index contributed by atoms with van der Waals surface area (Å²) in [6, 6.07) is 0. The molecule has 0 saturated carbocycles. The van der Waals surface area contributed by atoms with Gasteiger partial charge in [-0.1, -0.05) is 13.8 Å². The smallest absolute Gasteiger partial charge is 0.0793 e. The lowest BCUT2D eigenvalue weighted by Crippen LogP contribution is -2.46. The van der Waals surface area contributed by atoms with Gasteiger partial charge in [-0.3, -0.25) is 4.90 Å². The monoisotopic (exact) mass is 272 g/mol. The molecule has 4 heteroatoms. The maximum Gasteiger partial charge on any atom is 0.0793 e. The number of hydrogen-bond acceptors (Lipinski definition) is 4. The van der Waals surface area contributed by atoms with E-state index >= 15 is 0 Å². The summed E-state index contributed by atoms with van der Waals surface area (Å²) in [6.45, 7) is 13.1. The molecule has 0 aromatic rings. The molecule has 0 aromatic heterocycles. The van der Waals surface area contributed by atoms with Crippen molar-refractivity contribution in [3.63, 3.8) is 0 Å². The highest BCUT2D eigenvalue weighted by molar-refractivity contribution is 4.77. The maximum atomic E-state index is 10.2. The van der Waals surface area contributed by atoms with E-state index in [9.17, 15) is 10.2 Å². The fourth-order valence-corrected chi connectivity index (χ4v) is 2.75. The van der Waals surface area contributed by atoms with Crippen molar-refractivity contribution in [1.82, 2.24) is 9.80 Å². The van der Waals surface area contributed by atoms with Gasteiger partial charge in [-0.25, -0.2) is 0 Å². The molecular formula is C15H32N2O2. The molecule has 1 saturated heterocycles. The van der Waals surface area contributed by atoms with Crippen molar-refractivity contribution in [2.45, 2.75) is 52.2 Å². The van der Waals surface area contributed by atoms with Crippen molar-refractivity contribution in [3.8, 4) is 0 Å². The fourth-order valence-electron chi connectivity index (χ4n) is 2.75. The molecule has 0 aromatic carbocycles. The van der Waals surface area contributed by atoms with Crippen LogP contribution in [0.2, 0.25) is 0 Å². The molecule has 1 unspecified atom stereocenters. The minimum atomic E-state index is -0.698. The second-order valence-electron chi connectivity index (χ2n) is 6.78. The summed E-state index contributed by atoms with van der Waals surface area (Å²) in [5.74, 6) is 0.829. The quantitative estimate of drug-likeness (QED) is 0.730. The van der Waals surface area contributed by atoms with Crippen LogP contribution < -0.4 is 0 Å². The SMILES string of the molecule is CCN(CC(O)CN1CCC(C)CC1)CC(C)(C)O. The van der Waals surface area contributed by atoms with Gasteiger partial charge in [0.25, 0.3) is 0 Å². The molecule has 0 radical (unpaired) electrons. The van der Waals surface area contributed by atoms with Crippen molar-refractivity contribution in [2.75, 3.05) is 39.3 Å². The van der Waals surface area contributed by atoms with Crippen LogP contribution in [0.3, 0.4) is 0 Å². The Balaban J connectivity index is 2.30. The normalized spacial score (nSPS) is 21.0. The van der Waals surface area contributed by atoms with Gasteiger partial charge in [-0.05, 0) is 52.2 Å². The molecule has 1 atom stereocenters. The van der Waals surface area contributed by atoms with Crippen LogP contribution in [0.1, 0.15) is 40.5 Å². The Hall–Kier alpha value is -0.160. The third-order valence-electron chi connectivity index (χ3n) is 3.87. The van der Waals surface area contributed by atoms with Crippen LogP contribution in [0.4, 0.5) is 0 Å². The predicted octanol–water partition coefficient (Wildman–Crippen LogP) is 1.17. The Labute approximate surface area is 118 Å². The first-order valence-corrected chi connectivity index (χ1v) is 7.65. The lowest BCUT2D eigenvalue weighted by molar-refractivity contribution is 0.0112. The van der Waals surface area contributed by atoms with Crippen molar-refractivity contribution in [3.05, 3.63) is 0 Å². The van der Waals surface area contributed by atoms with E-state index in [0.29, 0.717) is 13.1 Å². The van der Waals surface area contributed by atoms with Crippen LogP contribution in [0.15, 0.2) is 0 Å². The number of aliphatic hydroxyl groups is 2. The molecule has 1 fully saturated rings. The molecule has 114 valence electrons. The first kappa shape index (κ1) is 16.9. The number of hydrogen-bond donors (Lipinski definition) is 2. The first-order chi connectivity index (χ1) is 8.80. The lowest BCUT2D eigenvalue weighted by atomic mass is 9.99. The van der Waals surface area contributed by atoms with Crippen molar-refractivity contribution < 1.29 is 10.2 Å². The van der Waals surface area contributed by atoms with Gasteiger partial charge in [0.05, 0.1) is 11.7 Å². The average molecular weight is 272 g/mol. The number of rotatable bonds is 7. The van der Waals surface area contributed by atoms with Crippen molar-refractivity contribution in [2.24, 2.45) is 5.92 Å². The number of likely N-dealkylation sites (tertiary alicyclic amines) is 1. The van der Waals surface area contributed by atoms with Gasteiger partial charge in [-0.2, -0.15) is 0 Å². The summed E-state index contributed by atoms with van der Waals surface area (Å²) < 4.78 is 0. The fraction of sp³-hybridized carbons (Fsp3) is 1.00. The largest absolute Gasteiger partial charge is 0.390 e.